The zero-order chi connectivity index (χ0) is 70.5. The van der Waals surface area contributed by atoms with Gasteiger partial charge in [0.05, 0.1) is 41.7 Å². The van der Waals surface area contributed by atoms with Crippen LogP contribution < -0.4 is 288 Å². The Morgan fingerprint density at radius 2 is 0.845 bits per heavy atom. The number of carboxylic acid groups (broad SMARTS) is 2. The van der Waals surface area contributed by atoms with Crippen molar-refractivity contribution in [3.05, 3.63) is 212 Å². The summed E-state index contributed by atoms with van der Waals surface area (Å²) in [4.78, 5) is 59.2. The molecule has 6 aromatic rings. The number of fused-ring (bicyclic) bond motifs is 6. The van der Waals surface area contributed by atoms with Gasteiger partial charge in [0.25, 0.3) is 6.47 Å². The van der Waals surface area contributed by atoms with E-state index < -0.39 is 11.9 Å². The minimum absolute atomic E-state index is 0. The molecule has 0 aromatic heterocycles. The number of aryl methyl sites for hydroxylation is 6. The first-order valence-corrected chi connectivity index (χ1v) is 32.7. The summed E-state index contributed by atoms with van der Waals surface area (Å²) in [5.74, 6) is -0.354. The predicted octanol–water partition coefficient (Wildman–Crippen LogP) is -3.90. The molecule has 0 atom stereocenters. The van der Waals surface area contributed by atoms with E-state index in [2.05, 4.69) is 108 Å². The molecule has 6 aliphatic rings. The zero-order valence-electron chi connectivity index (χ0n) is 62.3. The molecular formula is C80H83BrClCs3N6O12. The third-order valence-electron chi connectivity index (χ3n) is 16.9. The monoisotopic (exact) mass is 1830 g/mol. The molecule has 0 saturated heterocycles. The van der Waals surface area contributed by atoms with Crippen LogP contribution >= 0.6 is 0 Å². The summed E-state index contributed by atoms with van der Waals surface area (Å²) in [5, 5.41) is 46.0. The smallest absolute Gasteiger partial charge is 1.00 e. The molecule has 23 heteroatoms. The molecule has 3 aliphatic heterocycles. The maximum atomic E-state index is 12.6. The number of hydrogen-bond acceptors (Lipinski definition) is 15. The fourth-order valence-corrected chi connectivity index (χ4v) is 12.5. The predicted molar refractivity (Wildman–Crippen MR) is 382 cm³/mol. The van der Waals surface area contributed by atoms with Gasteiger partial charge < -0.3 is 89.9 Å². The van der Waals surface area contributed by atoms with Gasteiger partial charge in [0, 0.05) is 134 Å². The molecule has 103 heavy (non-hydrogen) atoms. The van der Waals surface area contributed by atoms with E-state index in [9.17, 15) is 24.6 Å². The van der Waals surface area contributed by atoms with Gasteiger partial charge in [0.15, 0.2) is 0 Å². The van der Waals surface area contributed by atoms with Crippen LogP contribution in [0, 0.1) is 41.5 Å². The van der Waals surface area contributed by atoms with Crippen molar-refractivity contribution in [3.8, 4) is 67.4 Å². The summed E-state index contributed by atoms with van der Waals surface area (Å²) in [5.41, 5.74) is 20.2. The number of carboxylic acids is 2. The first kappa shape index (κ1) is 90.9. The van der Waals surface area contributed by atoms with E-state index in [4.69, 9.17) is 28.0 Å². The Labute approximate surface area is 794 Å². The van der Waals surface area contributed by atoms with Gasteiger partial charge in [0.1, 0.15) is 47.1 Å². The molecule has 0 spiro atoms. The summed E-state index contributed by atoms with van der Waals surface area (Å²) in [6, 6.07) is 46.2. The van der Waals surface area contributed by atoms with Gasteiger partial charge in [-0.05, 0) is 171 Å². The standard InChI is InChI=1S/C27H28N2O3.2C26H26N2O3.CH2O3.BrH.ClH.3Cs.H/c1-6-28-22-14-24-20(12-16(22)3)26(18-10-8-9-11-19(18)27(30)31-5)21-13-17(4)23(29-7-2)15-25(21)32-24;2*1-5-27-21-13-23-19(11-15(21)3)25(17-9-7-8-10-18(17)26(29)30)20-12-16(4)22(28-6-2)14-24(20)31-23;2-1-4-3;;;;;;/h8-15,28H,6-7H2,1-5H3;2*7-14,27H,5-6H2,1-4H3,(H,29,30);1,3H;2*1H;;;;/q;;;;;;3*+1;-1/p-2. The topological polar surface area (TPSA) is 269 Å². The fourth-order valence-electron chi connectivity index (χ4n) is 12.5. The summed E-state index contributed by atoms with van der Waals surface area (Å²) < 4.78 is 24.2. The van der Waals surface area contributed by atoms with Gasteiger partial charge in [-0.1, -0.05) is 60.7 Å². The van der Waals surface area contributed by atoms with Crippen molar-refractivity contribution in [3.63, 3.8) is 0 Å². The molecule has 6 aromatic carbocycles. The van der Waals surface area contributed by atoms with Crippen LogP contribution in [0.5, 0.6) is 0 Å². The van der Waals surface area contributed by atoms with E-state index in [0.717, 1.165) is 177 Å². The van der Waals surface area contributed by atoms with Crippen molar-refractivity contribution in [2.24, 2.45) is 4.99 Å². The van der Waals surface area contributed by atoms with Crippen LogP contribution in [0.15, 0.2) is 164 Å². The second-order valence-corrected chi connectivity index (χ2v) is 23.4. The maximum absolute atomic E-state index is 12.6. The van der Waals surface area contributed by atoms with Crippen LogP contribution in [0.2, 0.25) is 0 Å². The van der Waals surface area contributed by atoms with E-state index in [1.807, 2.05) is 133 Å². The quantitative estimate of drug-likeness (QED) is 0.0178. The number of anilines is 3. The fraction of sp³-hybridized carbons (Fsp3) is 0.237. The molecule has 522 valence electrons. The van der Waals surface area contributed by atoms with Gasteiger partial charge in [-0.2, -0.15) is 0 Å². The Kier molecular flexibility index (Phi) is 37.9. The van der Waals surface area contributed by atoms with Crippen LogP contribution in [0.25, 0.3) is 100 Å². The van der Waals surface area contributed by atoms with Gasteiger partial charge in [-0.15, -0.1) is 0 Å². The van der Waals surface area contributed by atoms with Crippen LogP contribution in [0.1, 0.15) is 107 Å². The van der Waals surface area contributed by atoms with Gasteiger partial charge in [-0.25, -0.2) is 19.6 Å². The Morgan fingerprint density at radius 1 is 0.505 bits per heavy atom. The Balaban J connectivity index is 0.000000384. The summed E-state index contributed by atoms with van der Waals surface area (Å²) in [6.07, 6.45) is 0. The molecule has 0 radical (unpaired) electrons. The van der Waals surface area contributed by atoms with E-state index in [1.165, 1.54) is 7.11 Å². The number of carbonyl (C=O) groups is 4. The van der Waals surface area contributed by atoms with E-state index >= 15 is 0 Å². The number of halogens is 2. The molecule has 18 nitrogen and oxygen atoms in total. The molecule has 0 amide bonds. The van der Waals surface area contributed by atoms with Crippen molar-refractivity contribution < 1.29 is 305 Å². The maximum Gasteiger partial charge on any atom is 1.00 e. The number of hydrogen-bond donors (Lipinski definition) is 6. The van der Waals surface area contributed by atoms with Crippen molar-refractivity contribution in [1.29, 1.82) is 0 Å². The van der Waals surface area contributed by atoms with Crippen LogP contribution in [-0.2, 0) is 14.4 Å². The number of benzene rings is 9. The molecule has 0 fully saturated rings. The Hall–Kier alpha value is -4.44. The number of nitrogens with one attached hydrogen (secondary N) is 5. The molecule has 0 unspecified atom stereocenters. The van der Waals surface area contributed by atoms with Crippen LogP contribution in [-0.4, -0.2) is 75.9 Å². The second-order valence-electron chi connectivity index (χ2n) is 23.4. The van der Waals surface area contributed by atoms with Crippen molar-refractivity contribution in [2.45, 2.75) is 83.1 Å². The number of carbonyl (C=O) groups excluding carboxylic acids is 3. The molecule has 0 saturated carbocycles. The molecule has 6 N–H and O–H groups in total. The minimum Gasteiger partial charge on any atom is -1.00 e. The average Bonchev–Trinajstić information content (AvgIpc) is 0.756. The van der Waals surface area contributed by atoms with Crippen molar-refractivity contribution >= 4 is 74.4 Å². The van der Waals surface area contributed by atoms with E-state index in [0.29, 0.717) is 34.6 Å². The molecule has 12 rings (SSSR count). The number of esters is 1. The first-order chi connectivity index (χ1) is 47.3. The van der Waals surface area contributed by atoms with E-state index in [-0.39, 0.29) is 261 Å². The third kappa shape index (κ3) is 21.1. The van der Waals surface area contributed by atoms with Crippen molar-refractivity contribution in [2.75, 3.05) is 62.3 Å². The summed E-state index contributed by atoms with van der Waals surface area (Å²) in [7, 11) is 1.41. The van der Waals surface area contributed by atoms with Gasteiger partial charge in [0.2, 0.25) is 10.7 Å². The molecule has 0 bridgehead atoms. The number of methoxy groups -OCH3 is 1. The average molecular weight is 1830 g/mol. The van der Waals surface area contributed by atoms with Crippen LogP contribution in [0.4, 0.5) is 17.1 Å². The summed E-state index contributed by atoms with van der Waals surface area (Å²) >= 11 is 0. The molecule has 3 aliphatic carbocycles. The molecule has 3 heterocycles. The largest absolute Gasteiger partial charge is 1.00 e. The zero-order valence-corrected chi connectivity index (χ0v) is 82.5. The van der Waals surface area contributed by atoms with E-state index in [1.54, 1.807) is 24.3 Å². The molecular weight excluding hydrogens is 1750 g/mol. The third-order valence-corrected chi connectivity index (χ3v) is 16.9. The van der Waals surface area contributed by atoms with Gasteiger partial charge in [-0.3, -0.25) is 9.79 Å². The number of nitrogens with zero attached hydrogens (tertiary/aromatic N) is 1. The SMILES string of the molecule is CCN=c1cc2oc3cc(NCC)c(C)cc3c(-c3ccccc3C(=O)[O-])c-2cc1C.CCNc1cc2oc3cc(=[NH+]CC)c(C)cc-3c(-c3ccccc3C(=O)O)c2cc1C.CCNc1cc2oc3cc(=[NH+]CC)c(C)cc-3c(-c3ccccc3C(=O)OC)c2cc1C.O=CO[O-].[Br-].[Cl-].[Cs+].[Cs+].[Cs+].[H-]. The van der Waals surface area contributed by atoms with Crippen LogP contribution in [0.3, 0.4) is 0 Å². The van der Waals surface area contributed by atoms with Gasteiger partial charge >= 0.3 is 219 Å². The second kappa shape index (κ2) is 42.9. The number of ether oxygens (including phenoxy) is 1. The number of aromatic carboxylic acids is 2. The minimum atomic E-state index is -1.20. The Bertz CT molecular complexity index is 4930. The first-order valence-electron chi connectivity index (χ1n) is 32.7. The summed E-state index contributed by atoms with van der Waals surface area (Å²) in [6.45, 7) is 29.1. The number of rotatable bonds is 16. The normalized spacial score (nSPS) is 11.1. The van der Waals surface area contributed by atoms with Crippen molar-refractivity contribution in [1.82, 2.24) is 0 Å². The Morgan fingerprint density at radius 3 is 1.18 bits per heavy atom.